The van der Waals surface area contributed by atoms with Gasteiger partial charge in [-0.1, -0.05) is 88.4 Å². The van der Waals surface area contributed by atoms with Crippen LogP contribution in [0.15, 0.2) is 72.0 Å². The lowest BCUT2D eigenvalue weighted by molar-refractivity contribution is -0.150. The highest BCUT2D eigenvalue weighted by atomic mass is 16.4. The van der Waals surface area contributed by atoms with Crippen molar-refractivity contribution in [3.63, 3.8) is 0 Å². The van der Waals surface area contributed by atoms with Crippen molar-refractivity contribution in [1.82, 2.24) is 14.9 Å². The molecule has 1 aromatic heterocycles. The highest BCUT2D eigenvalue weighted by Gasteiger charge is 2.37. The maximum Gasteiger partial charge on any atom is 0.310 e. The highest BCUT2D eigenvalue weighted by Crippen LogP contribution is 2.42. The van der Waals surface area contributed by atoms with Gasteiger partial charge in [-0.2, -0.15) is 0 Å². The van der Waals surface area contributed by atoms with Gasteiger partial charge >= 0.3 is 5.97 Å². The van der Waals surface area contributed by atoms with E-state index in [1.807, 2.05) is 48.8 Å². The molecule has 0 radical (unpaired) electrons. The number of carboxylic acid groups (broad SMARTS) is 1. The second-order valence-electron chi connectivity index (χ2n) is 14.6. The van der Waals surface area contributed by atoms with E-state index in [0.717, 1.165) is 65.7 Å². The normalized spacial score (nSPS) is 21.3. The van der Waals surface area contributed by atoms with Crippen molar-refractivity contribution in [2.75, 3.05) is 13.1 Å². The lowest BCUT2D eigenvalue weighted by Gasteiger charge is -2.36. The van der Waals surface area contributed by atoms with Crippen molar-refractivity contribution in [2.24, 2.45) is 28.7 Å². The number of hydrogen-bond acceptors (Lipinski definition) is 5. The van der Waals surface area contributed by atoms with Crippen LogP contribution < -0.4 is 0 Å². The molecule has 8 nitrogen and oxygen atoms in total. The molecular weight excluding hydrogens is 624 g/mol. The third-order valence-corrected chi connectivity index (χ3v) is 11.1. The van der Waals surface area contributed by atoms with Gasteiger partial charge in [0.15, 0.2) is 5.82 Å². The minimum atomic E-state index is -0.930. The smallest absolute Gasteiger partial charge is 0.310 e. The number of carboxylic acids is 1. The molecule has 262 valence electrons. The summed E-state index contributed by atoms with van der Waals surface area (Å²) in [4.78, 5) is 53.0. The standard InChI is InChI=1S/C42H50N4O4/c1-3-5-28-7-13-31(14-8-28)32-19-21-33(22-20-32)36-24-43-39(44-25-36)34-15-11-30(12-16-34)23-38(41(48)46-26-37(27-46)42(49)50)45-40(47)35-17-9-29(6-4-2)10-18-35/h9-12,15-18,21,24-25,28,31-32,37H,3-8,13-14,19-20,22-23,26-27H2,1-2H3,(H,49,50). The summed E-state index contributed by atoms with van der Waals surface area (Å²) in [5.74, 6) is 0.840. The van der Waals surface area contributed by atoms with Crippen LogP contribution in [-0.4, -0.2) is 56.6 Å². The van der Waals surface area contributed by atoms with Crippen LogP contribution in [0.5, 0.6) is 0 Å². The number of hydrogen-bond donors (Lipinski definition) is 1. The SMILES string of the molecule is CCCc1ccc(C(=O)N=C(Cc2ccc(-c3ncc(C4=CCC(C5CCC(CCC)CC5)CC4)cn3)cc2)C(=O)N2CC(C(=O)O)C2)cc1. The molecule has 3 aliphatic rings. The van der Waals surface area contributed by atoms with E-state index in [-0.39, 0.29) is 25.2 Å². The minimum absolute atomic E-state index is 0.0944. The van der Waals surface area contributed by atoms with E-state index >= 15 is 0 Å². The second kappa shape index (κ2) is 16.5. The Bertz CT molecular complexity index is 1700. The molecule has 2 aromatic carbocycles. The summed E-state index contributed by atoms with van der Waals surface area (Å²) in [7, 11) is 0. The molecular formula is C42H50N4O4. The van der Waals surface area contributed by atoms with E-state index in [2.05, 4.69) is 24.9 Å². The number of benzene rings is 2. The Kier molecular flexibility index (Phi) is 11.7. The predicted octanol–water partition coefficient (Wildman–Crippen LogP) is 8.25. The molecule has 50 heavy (non-hydrogen) atoms. The largest absolute Gasteiger partial charge is 0.481 e. The molecule has 6 rings (SSSR count). The topological polar surface area (TPSA) is 113 Å². The third-order valence-electron chi connectivity index (χ3n) is 11.1. The Morgan fingerprint density at radius 2 is 1.50 bits per heavy atom. The number of amides is 2. The Labute approximate surface area is 296 Å². The molecule has 2 aliphatic carbocycles. The number of carbonyl (C=O) groups is 3. The van der Waals surface area contributed by atoms with E-state index in [0.29, 0.717) is 11.4 Å². The lowest BCUT2D eigenvalue weighted by Crippen LogP contribution is -2.55. The molecule has 8 heteroatoms. The Morgan fingerprint density at radius 3 is 2.10 bits per heavy atom. The van der Waals surface area contributed by atoms with Crippen LogP contribution in [0, 0.1) is 23.7 Å². The zero-order valence-electron chi connectivity index (χ0n) is 29.5. The minimum Gasteiger partial charge on any atom is -0.481 e. The van der Waals surface area contributed by atoms with Gasteiger partial charge in [-0.05, 0) is 85.1 Å². The summed E-state index contributed by atoms with van der Waals surface area (Å²) in [6.45, 7) is 4.62. The van der Waals surface area contributed by atoms with Crippen LogP contribution in [0.2, 0.25) is 0 Å². The van der Waals surface area contributed by atoms with Crippen molar-refractivity contribution >= 4 is 29.1 Å². The molecule has 3 aromatic rings. The molecule has 1 N–H and O–H groups in total. The Hall–Kier alpha value is -4.46. The van der Waals surface area contributed by atoms with E-state index in [4.69, 9.17) is 9.97 Å². The van der Waals surface area contributed by atoms with Crippen molar-refractivity contribution in [3.8, 4) is 11.4 Å². The number of allylic oxidation sites excluding steroid dienone is 2. The Balaban J connectivity index is 1.10. The molecule has 0 bridgehead atoms. The number of carbonyl (C=O) groups excluding carboxylic acids is 2. The maximum absolute atomic E-state index is 13.4. The quantitative estimate of drug-likeness (QED) is 0.194. The summed E-state index contributed by atoms with van der Waals surface area (Å²) in [6, 6.07) is 14.9. The fourth-order valence-electron chi connectivity index (χ4n) is 7.95. The van der Waals surface area contributed by atoms with Crippen molar-refractivity contribution < 1.29 is 19.5 Å². The van der Waals surface area contributed by atoms with Gasteiger partial charge in [0, 0.05) is 48.6 Å². The number of likely N-dealkylation sites (tertiary alicyclic amines) is 1. The summed E-state index contributed by atoms with van der Waals surface area (Å²) in [6.07, 6.45) is 20.2. The predicted molar refractivity (Wildman–Crippen MR) is 197 cm³/mol. The van der Waals surface area contributed by atoms with Gasteiger partial charge in [0.25, 0.3) is 11.8 Å². The zero-order chi connectivity index (χ0) is 35.0. The van der Waals surface area contributed by atoms with Gasteiger partial charge < -0.3 is 10.0 Å². The number of aryl methyl sites for hydroxylation is 1. The number of aromatic nitrogens is 2. The maximum atomic E-state index is 13.4. The van der Waals surface area contributed by atoms with Gasteiger partial charge in [0.2, 0.25) is 0 Å². The summed E-state index contributed by atoms with van der Waals surface area (Å²) < 4.78 is 0. The van der Waals surface area contributed by atoms with E-state index in [9.17, 15) is 19.5 Å². The molecule has 1 saturated carbocycles. The number of aliphatic carboxylic acids is 1. The first-order valence-electron chi connectivity index (χ1n) is 18.6. The molecule has 1 aliphatic heterocycles. The average Bonchev–Trinajstić information content (AvgIpc) is 3.12. The summed E-state index contributed by atoms with van der Waals surface area (Å²) in [5, 5.41) is 9.30. The average molecular weight is 675 g/mol. The van der Waals surface area contributed by atoms with Crippen LogP contribution in [-0.2, 0) is 22.4 Å². The molecule has 2 fully saturated rings. The van der Waals surface area contributed by atoms with Crippen molar-refractivity contribution in [1.29, 1.82) is 0 Å². The van der Waals surface area contributed by atoms with Crippen LogP contribution in [0.4, 0.5) is 0 Å². The van der Waals surface area contributed by atoms with E-state index < -0.39 is 23.7 Å². The van der Waals surface area contributed by atoms with Gasteiger partial charge in [0.1, 0.15) is 5.71 Å². The lowest BCUT2D eigenvalue weighted by atomic mass is 9.70. The number of aliphatic imine (C=N–C) groups is 1. The second-order valence-corrected chi connectivity index (χ2v) is 14.6. The molecule has 0 spiro atoms. The van der Waals surface area contributed by atoms with Crippen molar-refractivity contribution in [2.45, 2.75) is 90.9 Å². The van der Waals surface area contributed by atoms with Crippen LogP contribution >= 0.6 is 0 Å². The Morgan fingerprint density at radius 1 is 0.820 bits per heavy atom. The fraction of sp³-hybridized carbons (Fsp3) is 0.476. The molecule has 1 atom stereocenters. The third kappa shape index (κ3) is 8.63. The monoisotopic (exact) mass is 674 g/mol. The van der Waals surface area contributed by atoms with E-state index in [1.165, 1.54) is 55.4 Å². The zero-order valence-corrected chi connectivity index (χ0v) is 29.5. The van der Waals surface area contributed by atoms with Gasteiger partial charge in [-0.3, -0.25) is 14.4 Å². The number of nitrogens with zero attached hydrogens (tertiary/aromatic N) is 4. The van der Waals surface area contributed by atoms with E-state index in [1.54, 1.807) is 12.1 Å². The summed E-state index contributed by atoms with van der Waals surface area (Å²) >= 11 is 0. The highest BCUT2D eigenvalue weighted by molar-refractivity contribution is 6.41. The molecule has 1 saturated heterocycles. The first-order chi connectivity index (χ1) is 24.3. The van der Waals surface area contributed by atoms with Crippen LogP contribution in [0.25, 0.3) is 17.0 Å². The first kappa shape index (κ1) is 35.4. The molecule has 2 amide bonds. The van der Waals surface area contributed by atoms with Crippen LogP contribution in [0.1, 0.15) is 105 Å². The molecule has 2 heterocycles. The van der Waals surface area contributed by atoms with Gasteiger partial charge in [-0.15, -0.1) is 0 Å². The number of rotatable bonds is 12. The van der Waals surface area contributed by atoms with Crippen molar-refractivity contribution in [3.05, 3.63) is 89.3 Å². The van der Waals surface area contributed by atoms with Gasteiger partial charge in [-0.25, -0.2) is 15.0 Å². The molecule has 1 unspecified atom stereocenters. The first-order valence-corrected chi connectivity index (χ1v) is 18.6. The summed E-state index contributed by atoms with van der Waals surface area (Å²) in [5.41, 5.74) is 5.75. The van der Waals surface area contributed by atoms with Crippen LogP contribution in [0.3, 0.4) is 0 Å². The van der Waals surface area contributed by atoms with Gasteiger partial charge in [0.05, 0.1) is 5.92 Å². The fourth-order valence-corrected chi connectivity index (χ4v) is 7.95.